The molecule has 25 heavy (non-hydrogen) atoms. The Balaban J connectivity index is 1.37. The second kappa shape index (κ2) is 6.41. The number of benzene rings is 1. The smallest absolute Gasteiger partial charge is 0.158 e. The van der Waals surface area contributed by atoms with Gasteiger partial charge in [0.15, 0.2) is 5.52 Å². The maximum atomic E-state index is 5.03. The fraction of sp³-hybridized carbons (Fsp3) is 0.632. The fourth-order valence-corrected chi connectivity index (χ4v) is 4.43. The van der Waals surface area contributed by atoms with E-state index in [0.717, 1.165) is 43.0 Å². The van der Waals surface area contributed by atoms with E-state index in [1.165, 1.54) is 62.3 Å². The number of aliphatic imine (C=N–C) groups is 1. The van der Waals surface area contributed by atoms with E-state index in [1.807, 2.05) is 0 Å². The summed E-state index contributed by atoms with van der Waals surface area (Å²) in [4.78, 5) is 9.78. The number of fused-ring (bicyclic) bond motifs is 1. The summed E-state index contributed by atoms with van der Waals surface area (Å²) in [6.45, 7) is 6.96. The predicted octanol–water partition coefficient (Wildman–Crippen LogP) is 2.73. The Morgan fingerprint density at radius 1 is 1.04 bits per heavy atom. The molecular formula is C19H25N5O. The molecule has 3 aliphatic rings. The first-order valence-corrected chi connectivity index (χ1v) is 9.64. The molecular weight excluding hydrogens is 314 g/mol. The summed E-state index contributed by atoms with van der Waals surface area (Å²) >= 11 is 0. The molecule has 0 bridgehead atoms. The van der Waals surface area contributed by atoms with E-state index in [0.29, 0.717) is 0 Å². The summed E-state index contributed by atoms with van der Waals surface area (Å²) in [5.74, 6) is 0.767. The van der Waals surface area contributed by atoms with Gasteiger partial charge in [0.05, 0.1) is 5.69 Å². The van der Waals surface area contributed by atoms with Crippen LogP contribution in [0, 0.1) is 5.92 Å². The maximum Gasteiger partial charge on any atom is 0.158 e. The molecule has 2 fully saturated rings. The van der Waals surface area contributed by atoms with Crippen LogP contribution in [0.15, 0.2) is 21.8 Å². The minimum absolute atomic E-state index is 0.767. The second-order valence-corrected chi connectivity index (χ2v) is 7.69. The third kappa shape index (κ3) is 2.92. The molecule has 5 rings (SSSR count). The van der Waals surface area contributed by atoms with Crippen molar-refractivity contribution in [3.05, 3.63) is 17.7 Å². The van der Waals surface area contributed by atoms with E-state index in [2.05, 4.69) is 32.2 Å². The van der Waals surface area contributed by atoms with Gasteiger partial charge in [0.1, 0.15) is 5.52 Å². The Morgan fingerprint density at radius 3 is 2.72 bits per heavy atom. The highest BCUT2D eigenvalue weighted by Gasteiger charge is 2.31. The third-order valence-corrected chi connectivity index (χ3v) is 5.81. The van der Waals surface area contributed by atoms with Crippen LogP contribution >= 0.6 is 0 Å². The van der Waals surface area contributed by atoms with Crippen molar-refractivity contribution < 1.29 is 4.63 Å². The van der Waals surface area contributed by atoms with Crippen LogP contribution in [0.25, 0.3) is 11.0 Å². The first-order chi connectivity index (χ1) is 12.4. The van der Waals surface area contributed by atoms with Crippen LogP contribution in [0.2, 0.25) is 0 Å². The zero-order valence-corrected chi connectivity index (χ0v) is 14.7. The summed E-state index contributed by atoms with van der Waals surface area (Å²) in [5.41, 5.74) is 5.32. The largest absolute Gasteiger partial charge is 0.369 e. The summed E-state index contributed by atoms with van der Waals surface area (Å²) in [7, 11) is 0. The Morgan fingerprint density at radius 2 is 1.92 bits per heavy atom. The minimum atomic E-state index is 0.767. The van der Waals surface area contributed by atoms with Crippen LogP contribution < -0.4 is 4.90 Å². The van der Waals surface area contributed by atoms with Crippen molar-refractivity contribution in [1.82, 2.24) is 15.2 Å². The molecule has 0 N–H and O–H groups in total. The summed E-state index contributed by atoms with van der Waals surface area (Å²) in [6.07, 6.45) is 6.23. The van der Waals surface area contributed by atoms with E-state index in [1.54, 1.807) is 0 Å². The Hall–Kier alpha value is -1.95. The first-order valence-electron chi connectivity index (χ1n) is 9.64. The summed E-state index contributed by atoms with van der Waals surface area (Å²) in [6, 6.07) is 4.34. The summed E-state index contributed by atoms with van der Waals surface area (Å²) in [5, 5.41) is 8.26. The van der Waals surface area contributed by atoms with Crippen molar-refractivity contribution in [1.29, 1.82) is 0 Å². The van der Waals surface area contributed by atoms with E-state index in [4.69, 9.17) is 9.62 Å². The third-order valence-electron chi connectivity index (χ3n) is 5.81. The molecule has 0 atom stereocenters. The lowest BCUT2D eigenvalue weighted by Gasteiger charge is -2.42. The average molecular weight is 339 g/mol. The van der Waals surface area contributed by atoms with Crippen LogP contribution in [0.3, 0.4) is 0 Å². The molecule has 0 amide bonds. The molecule has 1 aromatic carbocycles. The van der Waals surface area contributed by atoms with Gasteiger partial charge in [-0.2, -0.15) is 0 Å². The number of hydrogen-bond donors (Lipinski definition) is 0. The van der Waals surface area contributed by atoms with Gasteiger partial charge in [0, 0.05) is 37.8 Å². The lowest BCUT2D eigenvalue weighted by molar-refractivity contribution is 0.247. The van der Waals surface area contributed by atoms with Crippen LogP contribution in [-0.4, -0.2) is 60.2 Å². The molecule has 1 aromatic heterocycles. The van der Waals surface area contributed by atoms with Gasteiger partial charge in [-0.3, -0.25) is 4.99 Å². The van der Waals surface area contributed by atoms with Crippen LogP contribution in [0.5, 0.6) is 0 Å². The molecule has 2 aromatic rings. The first kappa shape index (κ1) is 15.3. The van der Waals surface area contributed by atoms with Gasteiger partial charge in [-0.05, 0) is 73.2 Å². The monoisotopic (exact) mass is 339 g/mol. The molecule has 0 saturated carbocycles. The van der Waals surface area contributed by atoms with Gasteiger partial charge in [0.25, 0.3) is 0 Å². The Labute approximate surface area is 147 Å². The van der Waals surface area contributed by atoms with Crippen molar-refractivity contribution in [2.45, 2.75) is 32.1 Å². The maximum absolute atomic E-state index is 5.03. The van der Waals surface area contributed by atoms with Crippen molar-refractivity contribution in [2.75, 3.05) is 44.2 Å². The number of hydrogen-bond acceptors (Lipinski definition) is 6. The molecule has 0 unspecified atom stereocenters. The van der Waals surface area contributed by atoms with Gasteiger partial charge in [-0.25, -0.2) is 4.63 Å². The van der Waals surface area contributed by atoms with Crippen molar-refractivity contribution in [2.24, 2.45) is 10.9 Å². The predicted molar refractivity (Wildman–Crippen MR) is 98.4 cm³/mol. The molecule has 132 valence electrons. The molecule has 6 nitrogen and oxygen atoms in total. The van der Waals surface area contributed by atoms with Gasteiger partial charge in [-0.1, -0.05) is 0 Å². The topological polar surface area (TPSA) is 57.8 Å². The standard InChI is InChI=1S/C19H25N5O/c1-2-6-20-16(5-1)15-9-17-19(22-25-21-17)18(10-15)24-12-14(13-24)11-23-7-3-4-8-23/h9-10,14H,1-8,11-13H2. The normalized spacial score (nSPS) is 22.4. The van der Waals surface area contributed by atoms with Crippen LogP contribution in [0.4, 0.5) is 5.69 Å². The van der Waals surface area contributed by atoms with Crippen molar-refractivity contribution in [3.8, 4) is 0 Å². The molecule has 0 aliphatic carbocycles. The minimum Gasteiger partial charge on any atom is -0.369 e. The molecule has 4 heterocycles. The number of likely N-dealkylation sites (tertiary alicyclic amines) is 1. The van der Waals surface area contributed by atoms with E-state index in [-0.39, 0.29) is 0 Å². The number of rotatable bonds is 4. The zero-order chi connectivity index (χ0) is 16.6. The SMILES string of the molecule is c1c(C2=NCCCC2)cc2nonc2c1N1CC(CN2CCCC2)C1. The van der Waals surface area contributed by atoms with E-state index < -0.39 is 0 Å². The number of aromatic nitrogens is 2. The molecule has 6 heteroatoms. The highest BCUT2D eigenvalue weighted by molar-refractivity contribution is 6.05. The Bertz CT molecular complexity index is 786. The molecule has 2 saturated heterocycles. The van der Waals surface area contributed by atoms with Crippen molar-refractivity contribution in [3.63, 3.8) is 0 Å². The fourth-order valence-electron chi connectivity index (χ4n) is 4.43. The number of nitrogens with zero attached hydrogens (tertiary/aromatic N) is 5. The number of anilines is 1. The Kier molecular flexibility index (Phi) is 3.93. The van der Waals surface area contributed by atoms with E-state index in [9.17, 15) is 0 Å². The van der Waals surface area contributed by atoms with Crippen LogP contribution in [-0.2, 0) is 0 Å². The van der Waals surface area contributed by atoms with Crippen LogP contribution in [0.1, 0.15) is 37.7 Å². The average Bonchev–Trinajstić information content (AvgIpc) is 3.29. The highest BCUT2D eigenvalue weighted by atomic mass is 16.6. The highest BCUT2D eigenvalue weighted by Crippen LogP contribution is 2.33. The summed E-state index contributed by atoms with van der Waals surface area (Å²) < 4.78 is 5.03. The van der Waals surface area contributed by atoms with Crippen molar-refractivity contribution >= 4 is 22.4 Å². The quantitative estimate of drug-likeness (QED) is 0.857. The lowest BCUT2D eigenvalue weighted by Crippen LogP contribution is -2.51. The van der Waals surface area contributed by atoms with Gasteiger partial charge in [-0.15, -0.1) is 0 Å². The van der Waals surface area contributed by atoms with Gasteiger partial charge < -0.3 is 9.80 Å². The second-order valence-electron chi connectivity index (χ2n) is 7.69. The molecule has 3 aliphatic heterocycles. The zero-order valence-electron chi connectivity index (χ0n) is 14.7. The lowest BCUT2D eigenvalue weighted by atomic mass is 9.96. The van der Waals surface area contributed by atoms with E-state index >= 15 is 0 Å². The molecule has 0 radical (unpaired) electrons. The van der Waals surface area contributed by atoms with Gasteiger partial charge in [0.2, 0.25) is 0 Å². The van der Waals surface area contributed by atoms with Gasteiger partial charge >= 0.3 is 0 Å². The molecule has 0 spiro atoms.